The number of methoxy groups -OCH3 is 1. The van der Waals surface area contributed by atoms with Gasteiger partial charge in [-0.3, -0.25) is 9.79 Å². The summed E-state index contributed by atoms with van der Waals surface area (Å²) in [5, 5.41) is 5.46. The Bertz CT molecular complexity index is 689. The number of halogens is 1. The van der Waals surface area contributed by atoms with Gasteiger partial charge in [0.2, 0.25) is 0 Å². The molecule has 0 fully saturated rings. The zero-order chi connectivity index (χ0) is 17.7. The molecular formula is C15H21FN6O2. The Hall–Kier alpha value is -2.52. The molecule has 1 amide bonds. The first-order chi connectivity index (χ1) is 11.5. The number of aromatic nitrogens is 1. The second kappa shape index (κ2) is 7.84. The molecule has 2 rings (SSSR count). The lowest BCUT2D eigenvalue weighted by molar-refractivity contribution is 0.0965. The van der Waals surface area contributed by atoms with Gasteiger partial charge in [-0.05, 0) is 0 Å². The van der Waals surface area contributed by atoms with E-state index in [1.807, 2.05) is 0 Å². The highest BCUT2D eigenvalue weighted by atomic mass is 19.1. The summed E-state index contributed by atoms with van der Waals surface area (Å²) in [6, 6.07) is -0.325. The van der Waals surface area contributed by atoms with Crippen molar-refractivity contribution in [2.24, 2.45) is 16.5 Å². The van der Waals surface area contributed by atoms with Crippen molar-refractivity contribution in [2.75, 3.05) is 32.6 Å². The van der Waals surface area contributed by atoms with Crippen LogP contribution in [0.2, 0.25) is 0 Å². The Balaban J connectivity index is 2.45. The number of carbonyl (C=O) groups excluding carboxylic acids is 1. The van der Waals surface area contributed by atoms with E-state index >= 15 is 0 Å². The predicted octanol–water partition coefficient (Wildman–Crippen LogP) is -0.150. The number of pyridine rings is 1. The molecule has 1 aliphatic rings. The van der Waals surface area contributed by atoms with Crippen LogP contribution in [0.15, 0.2) is 11.2 Å². The highest BCUT2D eigenvalue weighted by molar-refractivity contribution is 6.14. The maximum Gasteiger partial charge on any atom is 0.254 e. The van der Waals surface area contributed by atoms with Gasteiger partial charge < -0.3 is 26.8 Å². The van der Waals surface area contributed by atoms with E-state index in [1.54, 1.807) is 7.05 Å². The normalized spacial score (nSPS) is 15.5. The van der Waals surface area contributed by atoms with E-state index in [9.17, 15) is 9.18 Å². The van der Waals surface area contributed by atoms with Crippen LogP contribution in [0.25, 0.3) is 5.57 Å². The smallest absolute Gasteiger partial charge is 0.254 e. The minimum Gasteiger partial charge on any atom is -0.404 e. The molecule has 6 N–H and O–H groups in total. The van der Waals surface area contributed by atoms with Crippen molar-refractivity contribution in [3.63, 3.8) is 0 Å². The van der Waals surface area contributed by atoms with Gasteiger partial charge in [0.15, 0.2) is 11.6 Å². The molecule has 9 heteroatoms. The Labute approximate surface area is 139 Å². The van der Waals surface area contributed by atoms with E-state index in [-0.39, 0.29) is 41.8 Å². The second-order valence-electron chi connectivity index (χ2n) is 5.26. The third kappa shape index (κ3) is 3.52. The largest absolute Gasteiger partial charge is 0.404 e. The summed E-state index contributed by atoms with van der Waals surface area (Å²) >= 11 is 0. The third-order valence-corrected chi connectivity index (χ3v) is 3.52. The zero-order valence-electron chi connectivity index (χ0n) is 13.6. The molecule has 0 radical (unpaired) electrons. The molecule has 0 saturated heterocycles. The van der Waals surface area contributed by atoms with E-state index < -0.39 is 11.7 Å². The molecule has 2 heterocycles. The number of allylic oxidation sites excluding steroid dienone is 1. The first-order valence-electron chi connectivity index (χ1n) is 7.36. The molecule has 0 aliphatic carbocycles. The van der Waals surface area contributed by atoms with E-state index in [0.717, 1.165) is 0 Å². The quantitative estimate of drug-likeness (QED) is 0.513. The highest BCUT2D eigenvalue weighted by Gasteiger charge is 2.30. The standard InChI is InChI=1S/C15H21FN6O2/c1-19-4-8(3-17)13-11-10(6-21-15(11)23)12(16)14(22-13)20-5-9(18)7-24-2/h3-4,9H,5-7,17-18H2,1-2H3,(H,20,22)(H,21,23). The van der Waals surface area contributed by atoms with E-state index in [1.165, 1.54) is 19.5 Å². The predicted molar refractivity (Wildman–Crippen MR) is 90.3 cm³/mol. The molecule has 8 nitrogen and oxygen atoms in total. The summed E-state index contributed by atoms with van der Waals surface area (Å²) in [4.78, 5) is 20.2. The monoisotopic (exact) mass is 336 g/mol. The van der Waals surface area contributed by atoms with Gasteiger partial charge in [0.1, 0.15) is 0 Å². The number of nitrogens with one attached hydrogen (secondary N) is 2. The molecular weight excluding hydrogens is 315 g/mol. The van der Waals surface area contributed by atoms with Gasteiger partial charge in [0, 0.05) is 56.8 Å². The molecule has 1 atom stereocenters. The number of nitrogens with zero attached hydrogens (tertiary/aromatic N) is 2. The van der Waals surface area contributed by atoms with Gasteiger partial charge in [-0.1, -0.05) is 0 Å². The van der Waals surface area contributed by atoms with Crippen LogP contribution in [0, 0.1) is 5.82 Å². The van der Waals surface area contributed by atoms with Crippen LogP contribution >= 0.6 is 0 Å². The van der Waals surface area contributed by atoms with Crippen molar-refractivity contribution in [3.8, 4) is 0 Å². The van der Waals surface area contributed by atoms with Crippen molar-refractivity contribution in [1.82, 2.24) is 10.3 Å². The Morgan fingerprint density at radius 1 is 1.62 bits per heavy atom. The Kier molecular flexibility index (Phi) is 5.83. The van der Waals surface area contributed by atoms with Gasteiger partial charge in [-0.15, -0.1) is 0 Å². The zero-order valence-corrected chi connectivity index (χ0v) is 13.6. The van der Waals surface area contributed by atoms with Crippen LogP contribution < -0.4 is 22.1 Å². The average molecular weight is 336 g/mol. The van der Waals surface area contributed by atoms with Gasteiger partial charge in [0.25, 0.3) is 5.91 Å². The molecule has 0 aromatic carbocycles. The number of amides is 1. The lowest BCUT2D eigenvalue weighted by Crippen LogP contribution is -2.33. The van der Waals surface area contributed by atoms with Crippen LogP contribution in [0.3, 0.4) is 0 Å². The van der Waals surface area contributed by atoms with Crippen LogP contribution in [0.5, 0.6) is 0 Å². The van der Waals surface area contributed by atoms with Gasteiger partial charge in [-0.2, -0.15) is 0 Å². The van der Waals surface area contributed by atoms with E-state index in [4.69, 9.17) is 16.2 Å². The molecule has 0 bridgehead atoms. The van der Waals surface area contributed by atoms with Gasteiger partial charge in [-0.25, -0.2) is 9.37 Å². The number of ether oxygens (including phenoxy) is 1. The molecule has 1 aromatic heterocycles. The number of nitrogens with two attached hydrogens (primary N) is 2. The third-order valence-electron chi connectivity index (χ3n) is 3.52. The van der Waals surface area contributed by atoms with Crippen LogP contribution in [-0.4, -0.2) is 50.5 Å². The first kappa shape index (κ1) is 17.8. The molecule has 1 aliphatic heterocycles. The highest BCUT2D eigenvalue weighted by Crippen LogP contribution is 2.29. The van der Waals surface area contributed by atoms with Crippen molar-refractivity contribution in [2.45, 2.75) is 12.6 Å². The lowest BCUT2D eigenvalue weighted by atomic mass is 10.0. The number of aliphatic imine (C=N–C) groups is 1. The van der Waals surface area contributed by atoms with Crippen molar-refractivity contribution in [3.05, 3.63) is 28.8 Å². The number of fused-ring (bicyclic) bond motifs is 1. The van der Waals surface area contributed by atoms with Crippen molar-refractivity contribution < 1.29 is 13.9 Å². The summed E-state index contributed by atoms with van der Waals surface area (Å²) in [7, 11) is 3.10. The Morgan fingerprint density at radius 3 is 3.00 bits per heavy atom. The topological polar surface area (TPSA) is 128 Å². The molecule has 130 valence electrons. The van der Waals surface area contributed by atoms with E-state index in [0.29, 0.717) is 12.2 Å². The number of carbonyl (C=O) groups is 1. The van der Waals surface area contributed by atoms with Crippen LogP contribution in [-0.2, 0) is 11.3 Å². The van der Waals surface area contributed by atoms with Gasteiger partial charge >= 0.3 is 0 Å². The molecule has 1 unspecified atom stereocenters. The molecule has 0 spiro atoms. The van der Waals surface area contributed by atoms with Crippen LogP contribution in [0.1, 0.15) is 21.6 Å². The second-order valence-corrected chi connectivity index (χ2v) is 5.26. The maximum atomic E-state index is 14.6. The number of rotatable bonds is 7. The van der Waals surface area contributed by atoms with Crippen molar-refractivity contribution >= 4 is 23.5 Å². The fraction of sp³-hybridized carbons (Fsp3) is 0.400. The SMILES string of the molecule is CN=CC(=CN)c1nc(NCC(N)COC)c(F)c2c1C(=O)NC2. The molecule has 1 aromatic rings. The lowest BCUT2D eigenvalue weighted by Gasteiger charge is -2.15. The summed E-state index contributed by atoms with van der Waals surface area (Å²) in [6.07, 6.45) is 2.74. The first-order valence-corrected chi connectivity index (χ1v) is 7.36. The van der Waals surface area contributed by atoms with Crippen LogP contribution in [0.4, 0.5) is 10.2 Å². The minimum atomic E-state index is -0.582. The minimum absolute atomic E-state index is 0.00987. The number of hydrogen-bond donors (Lipinski definition) is 4. The fourth-order valence-corrected chi connectivity index (χ4v) is 2.43. The Morgan fingerprint density at radius 2 is 2.38 bits per heavy atom. The van der Waals surface area contributed by atoms with E-state index in [2.05, 4.69) is 20.6 Å². The summed E-state index contributed by atoms with van der Waals surface area (Å²) < 4.78 is 19.6. The number of hydrogen-bond acceptors (Lipinski definition) is 7. The molecule has 0 saturated carbocycles. The summed E-state index contributed by atoms with van der Waals surface area (Å²) in [5.74, 6) is -0.963. The summed E-state index contributed by atoms with van der Waals surface area (Å²) in [5.41, 5.74) is 12.6. The van der Waals surface area contributed by atoms with Gasteiger partial charge in [0.05, 0.1) is 17.9 Å². The molecule has 24 heavy (non-hydrogen) atoms. The summed E-state index contributed by atoms with van der Waals surface area (Å²) in [6.45, 7) is 0.680. The van der Waals surface area contributed by atoms with Crippen molar-refractivity contribution in [1.29, 1.82) is 0 Å². The maximum absolute atomic E-state index is 14.6. The fourth-order valence-electron chi connectivity index (χ4n) is 2.43. The average Bonchev–Trinajstić information content (AvgIpc) is 2.95. The number of anilines is 1.